The second-order valence-corrected chi connectivity index (χ2v) is 3.94. The summed E-state index contributed by atoms with van der Waals surface area (Å²) in [6.07, 6.45) is 1.68. The van der Waals surface area contributed by atoms with Crippen LogP contribution >= 0.6 is 0 Å². The lowest BCUT2D eigenvalue weighted by Gasteiger charge is -2.16. The minimum atomic E-state index is -0.362. The Balaban J connectivity index is 2.71. The Morgan fingerprint density at radius 2 is 2.28 bits per heavy atom. The van der Waals surface area contributed by atoms with E-state index in [4.69, 9.17) is 0 Å². The van der Waals surface area contributed by atoms with E-state index in [2.05, 4.69) is 24.1 Å². The van der Waals surface area contributed by atoms with Crippen LogP contribution in [0, 0.1) is 22.0 Å². The van der Waals surface area contributed by atoms with Crippen molar-refractivity contribution < 1.29 is 4.92 Å². The second kappa shape index (κ2) is 7.46. The SMILES string of the molecule is CC#CCCNC(CC)c1cccc([N+](=O)[O-])c1. The zero-order valence-electron chi connectivity index (χ0n) is 10.8. The van der Waals surface area contributed by atoms with Crippen LogP contribution in [0.15, 0.2) is 24.3 Å². The van der Waals surface area contributed by atoms with Gasteiger partial charge in [-0.15, -0.1) is 11.8 Å². The summed E-state index contributed by atoms with van der Waals surface area (Å²) < 4.78 is 0. The third-order valence-corrected chi connectivity index (χ3v) is 2.71. The van der Waals surface area contributed by atoms with Crippen molar-refractivity contribution in [3.63, 3.8) is 0 Å². The molecule has 0 heterocycles. The maximum atomic E-state index is 10.7. The van der Waals surface area contributed by atoms with Crippen LogP contribution in [-0.4, -0.2) is 11.5 Å². The van der Waals surface area contributed by atoms with Crippen LogP contribution in [0.1, 0.15) is 38.3 Å². The van der Waals surface area contributed by atoms with Crippen LogP contribution < -0.4 is 5.32 Å². The van der Waals surface area contributed by atoms with E-state index in [1.54, 1.807) is 12.1 Å². The van der Waals surface area contributed by atoms with Gasteiger partial charge in [-0.25, -0.2) is 0 Å². The van der Waals surface area contributed by atoms with Gasteiger partial charge in [-0.3, -0.25) is 10.1 Å². The summed E-state index contributed by atoms with van der Waals surface area (Å²) in [5.74, 6) is 5.83. The quantitative estimate of drug-likeness (QED) is 0.363. The molecule has 0 aliphatic rings. The predicted molar refractivity (Wildman–Crippen MR) is 72.2 cm³/mol. The van der Waals surface area contributed by atoms with Crippen LogP contribution in [0.3, 0.4) is 0 Å². The summed E-state index contributed by atoms with van der Waals surface area (Å²) in [6.45, 7) is 4.67. The molecular weight excluding hydrogens is 228 g/mol. The van der Waals surface area contributed by atoms with Gasteiger partial charge < -0.3 is 5.32 Å². The second-order valence-electron chi connectivity index (χ2n) is 3.94. The molecular formula is C14H18N2O2. The molecule has 0 amide bonds. The Hall–Kier alpha value is -1.86. The first kappa shape index (κ1) is 14.2. The summed E-state index contributed by atoms with van der Waals surface area (Å²) in [5.41, 5.74) is 1.09. The van der Waals surface area contributed by atoms with E-state index in [1.807, 2.05) is 13.0 Å². The van der Waals surface area contributed by atoms with E-state index in [1.165, 1.54) is 6.07 Å². The summed E-state index contributed by atoms with van der Waals surface area (Å²) in [5, 5.41) is 14.1. The van der Waals surface area contributed by atoms with Gasteiger partial charge in [0.05, 0.1) is 4.92 Å². The molecule has 0 fully saturated rings. The van der Waals surface area contributed by atoms with Crippen LogP contribution in [0.4, 0.5) is 5.69 Å². The van der Waals surface area contributed by atoms with E-state index in [9.17, 15) is 10.1 Å². The Kier molecular flexibility index (Phi) is 5.89. The minimum Gasteiger partial charge on any atom is -0.309 e. The highest BCUT2D eigenvalue weighted by atomic mass is 16.6. The number of nitrogens with one attached hydrogen (secondary N) is 1. The number of nitro groups is 1. The number of benzene rings is 1. The van der Waals surface area contributed by atoms with Crippen LogP contribution in [-0.2, 0) is 0 Å². The standard InChI is InChI=1S/C14H18N2O2/c1-3-5-6-10-15-14(4-2)12-8-7-9-13(11-12)16(17)18/h7-9,11,14-15H,4,6,10H2,1-2H3. The molecule has 0 aromatic heterocycles. The highest BCUT2D eigenvalue weighted by molar-refractivity contribution is 5.35. The van der Waals surface area contributed by atoms with Gasteiger partial charge in [-0.05, 0) is 18.9 Å². The van der Waals surface area contributed by atoms with E-state index in [0.717, 1.165) is 24.9 Å². The molecule has 1 N–H and O–H groups in total. The van der Waals surface area contributed by atoms with Crippen LogP contribution in [0.25, 0.3) is 0 Å². The van der Waals surface area contributed by atoms with Crippen LogP contribution in [0.5, 0.6) is 0 Å². The molecule has 0 saturated carbocycles. The van der Waals surface area contributed by atoms with Gasteiger partial charge in [-0.2, -0.15) is 0 Å². The van der Waals surface area contributed by atoms with Crippen molar-refractivity contribution >= 4 is 5.69 Å². The molecule has 0 saturated heterocycles. The van der Waals surface area contributed by atoms with Crippen molar-refractivity contribution in [1.82, 2.24) is 5.32 Å². The zero-order valence-corrected chi connectivity index (χ0v) is 10.8. The van der Waals surface area contributed by atoms with E-state index in [-0.39, 0.29) is 16.7 Å². The molecule has 1 unspecified atom stereocenters. The molecule has 4 nitrogen and oxygen atoms in total. The molecule has 0 spiro atoms. The molecule has 0 radical (unpaired) electrons. The largest absolute Gasteiger partial charge is 0.309 e. The predicted octanol–water partition coefficient (Wildman–Crippen LogP) is 3.05. The molecule has 18 heavy (non-hydrogen) atoms. The van der Waals surface area contributed by atoms with Gasteiger partial charge in [0.25, 0.3) is 5.69 Å². The molecule has 0 aliphatic heterocycles. The number of hydrogen-bond donors (Lipinski definition) is 1. The fourth-order valence-electron chi connectivity index (χ4n) is 1.79. The maximum Gasteiger partial charge on any atom is 0.269 e. The number of non-ortho nitro benzene ring substituents is 1. The fraction of sp³-hybridized carbons (Fsp3) is 0.429. The lowest BCUT2D eigenvalue weighted by Crippen LogP contribution is -2.21. The lowest BCUT2D eigenvalue weighted by atomic mass is 10.0. The number of nitrogens with zero attached hydrogens (tertiary/aromatic N) is 1. The molecule has 0 aliphatic carbocycles. The van der Waals surface area contributed by atoms with Gasteiger partial charge in [0.15, 0.2) is 0 Å². The monoisotopic (exact) mass is 246 g/mol. The van der Waals surface area contributed by atoms with Crippen molar-refractivity contribution in [3.05, 3.63) is 39.9 Å². The average molecular weight is 246 g/mol. The maximum absolute atomic E-state index is 10.7. The minimum absolute atomic E-state index is 0.140. The Morgan fingerprint density at radius 1 is 1.50 bits per heavy atom. The van der Waals surface area contributed by atoms with Crippen molar-refractivity contribution in [3.8, 4) is 11.8 Å². The molecule has 96 valence electrons. The van der Waals surface area contributed by atoms with Gasteiger partial charge in [0.2, 0.25) is 0 Å². The summed E-state index contributed by atoms with van der Waals surface area (Å²) in [4.78, 5) is 10.4. The third-order valence-electron chi connectivity index (χ3n) is 2.71. The summed E-state index contributed by atoms with van der Waals surface area (Å²) >= 11 is 0. The van der Waals surface area contributed by atoms with Gasteiger partial charge in [0.1, 0.15) is 0 Å². The zero-order chi connectivity index (χ0) is 13.4. The smallest absolute Gasteiger partial charge is 0.269 e. The lowest BCUT2D eigenvalue weighted by molar-refractivity contribution is -0.384. The molecule has 1 atom stereocenters. The molecule has 0 bridgehead atoms. The topological polar surface area (TPSA) is 55.2 Å². The fourth-order valence-corrected chi connectivity index (χ4v) is 1.79. The number of nitro benzene ring substituents is 1. The van der Waals surface area contributed by atoms with Gasteiger partial charge in [0, 0.05) is 31.1 Å². The Labute approximate surface area is 108 Å². The van der Waals surface area contributed by atoms with Gasteiger partial charge >= 0.3 is 0 Å². The third kappa shape index (κ3) is 4.19. The highest BCUT2D eigenvalue weighted by Gasteiger charge is 2.12. The van der Waals surface area contributed by atoms with Crippen molar-refractivity contribution in [1.29, 1.82) is 0 Å². The summed E-state index contributed by atoms with van der Waals surface area (Å²) in [7, 11) is 0. The van der Waals surface area contributed by atoms with Crippen molar-refractivity contribution in [2.45, 2.75) is 32.7 Å². The van der Waals surface area contributed by atoms with E-state index in [0.29, 0.717) is 0 Å². The first-order valence-corrected chi connectivity index (χ1v) is 6.06. The highest BCUT2D eigenvalue weighted by Crippen LogP contribution is 2.21. The first-order valence-electron chi connectivity index (χ1n) is 6.06. The molecule has 1 aromatic carbocycles. The summed E-state index contributed by atoms with van der Waals surface area (Å²) in [6, 6.07) is 6.93. The van der Waals surface area contributed by atoms with Gasteiger partial charge in [-0.1, -0.05) is 19.1 Å². The molecule has 1 rings (SSSR count). The normalized spacial score (nSPS) is 11.4. The van der Waals surface area contributed by atoms with E-state index >= 15 is 0 Å². The average Bonchev–Trinajstić information content (AvgIpc) is 2.39. The number of hydrogen-bond acceptors (Lipinski definition) is 3. The van der Waals surface area contributed by atoms with Crippen molar-refractivity contribution in [2.75, 3.05) is 6.54 Å². The molecule has 1 aromatic rings. The van der Waals surface area contributed by atoms with E-state index < -0.39 is 0 Å². The van der Waals surface area contributed by atoms with Crippen LogP contribution in [0.2, 0.25) is 0 Å². The van der Waals surface area contributed by atoms with Crippen molar-refractivity contribution in [2.24, 2.45) is 0 Å². The Bertz CT molecular complexity index is 460. The Morgan fingerprint density at radius 3 is 2.89 bits per heavy atom. The number of rotatable bonds is 6. The molecule has 4 heteroatoms. The first-order chi connectivity index (χ1) is 8.69.